The Kier molecular flexibility index (Phi) is 2.75. The molecule has 2 heteroatoms. The minimum absolute atomic E-state index is 0.594. The van der Waals surface area contributed by atoms with Crippen molar-refractivity contribution >= 4 is 0 Å². The summed E-state index contributed by atoms with van der Waals surface area (Å²) < 4.78 is 0. The van der Waals surface area contributed by atoms with E-state index < -0.39 is 0 Å². The maximum Gasteiger partial charge on any atom is 0.0994 e. The first-order valence-corrected chi connectivity index (χ1v) is 5.44. The minimum Gasteiger partial charge on any atom is -0.316 e. The van der Waals surface area contributed by atoms with Gasteiger partial charge in [0, 0.05) is 6.54 Å². The van der Waals surface area contributed by atoms with Crippen molar-refractivity contribution in [2.45, 2.75) is 26.2 Å². The largest absolute Gasteiger partial charge is 0.316 e. The van der Waals surface area contributed by atoms with Crippen LogP contribution in [-0.4, -0.2) is 13.1 Å². The van der Waals surface area contributed by atoms with Gasteiger partial charge in [-0.2, -0.15) is 5.26 Å². The highest BCUT2D eigenvalue weighted by Crippen LogP contribution is 2.26. The van der Waals surface area contributed by atoms with E-state index in [-0.39, 0.29) is 0 Å². The fourth-order valence-corrected chi connectivity index (χ4v) is 2.18. The van der Waals surface area contributed by atoms with Crippen molar-refractivity contribution in [3.05, 3.63) is 34.4 Å². The molecular weight excluding hydrogens is 184 g/mol. The van der Waals surface area contributed by atoms with Gasteiger partial charge in [0.2, 0.25) is 0 Å². The van der Waals surface area contributed by atoms with E-state index in [0.717, 1.165) is 24.2 Å². The van der Waals surface area contributed by atoms with Crippen LogP contribution in [0.2, 0.25) is 0 Å². The summed E-state index contributed by atoms with van der Waals surface area (Å²) in [5.74, 6) is 0.594. The van der Waals surface area contributed by atoms with E-state index in [2.05, 4.69) is 30.4 Å². The number of nitriles is 1. The molecule has 1 heterocycles. The van der Waals surface area contributed by atoms with Crippen molar-refractivity contribution in [2.24, 2.45) is 0 Å². The fraction of sp³-hybridized carbons (Fsp3) is 0.462. The van der Waals surface area contributed by atoms with Crippen LogP contribution in [0.15, 0.2) is 12.1 Å². The average Bonchev–Trinajstić information content (AvgIpc) is 2.75. The first-order valence-electron chi connectivity index (χ1n) is 5.44. The Morgan fingerprint density at radius 2 is 2.20 bits per heavy atom. The summed E-state index contributed by atoms with van der Waals surface area (Å²) in [6, 6.07) is 6.57. The second-order valence-corrected chi connectivity index (χ2v) is 4.31. The molecule has 0 amide bonds. The molecule has 0 aromatic heterocycles. The Labute approximate surface area is 90.9 Å². The standard InChI is InChI=1S/C13H16N2/c1-9-5-12(11-3-4-15-8-11)6-13(7-14)10(9)2/h5-6,11,15H,3-4,8H2,1-2H3. The lowest BCUT2D eigenvalue weighted by Gasteiger charge is -2.12. The number of benzene rings is 1. The van der Waals surface area contributed by atoms with E-state index >= 15 is 0 Å². The molecule has 1 aliphatic heterocycles. The van der Waals surface area contributed by atoms with E-state index in [9.17, 15) is 0 Å². The molecule has 1 N–H and O–H groups in total. The molecule has 1 unspecified atom stereocenters. The third-order valence-electron chi connectivity index (χ3n) is 3.34. The van der Waals surface area contributed by atoms with Gasteiger partial charge < -0.3 is 5.32 Å². The second kappa shape index (κ2) is 4.04. The maximum atomic E-state index is 9.04. The van der Waals surface area contributed by atoms with Crippen LogP contribution in [-0.2, 0) is 0 Å². The van der Waals surface area contributed by atoms with Crippen LogP contribution in [0, 0.1) is 25.2 Å². The molecule has 0 aliphatic carbocycles. The zero-order valence-corrected chi connectivity index (χ0v) is 9.30. The zero-order chi connectivity index (χ0) is 10.8. The molecule has 0 radical (unpaired) electrons. The van der Waals surface area contributed by atoms with E-state index in [4.69, 9.17) is 5.26 Å². The molecule has 1 atom stereocenters. The minimum atomic E-state index is 0.594. The van der Waals surface area contributed by atoms with E-state index in [0.29, 0.717) is 5.92 Å². The molecule has 1 aromatic carbocycles. The summed E-state index contributed by atoms with van der Waals surface area (Å²) >= 11 is 0. The molecule has 1 fully saturated rings. The number of rotatable bonds is 1. The Hall–Kier alpha value is -1.33. The normalized spacial score (nSPS) is 20.2. The smallest absolute Gasteiger partial charge is 0.0994 e. The molecule has 2 rings (SSSR count). The van der Waals surface area contributed by atoms with Crippen molar-refractivity contribution in [3.8, 4) is 6.07 Å². The zero-order valence-electron chi connectivity index (χ0n) is 9.30. The Bertz CT molecular complexity index is 409. The third kappa shape index (κ3) is 1.88. The molecule has 1 aliphatic rings. The Morgan fingerprint density at radius 3 is 2.80 bits per heavy atom. The summed E-state index contributed by atoms with van der Waals surface area (Å²) in [5, 5.41) is 12.4. The van der Waals surface area contributed by atoms with Gasteiger partial charge in [0.05, 0.1) is 11.6 Å². The topological polar surface area (TPSA) is 35.8 Å². The van der Waals surface area contributed by atoms with Crippen LogP contribution in [0.5, 0.6) is 0 Å². The van der Waals surface area contributed by atoms with Gasteiger partial charge in [0.25, 0.3) is 0 Å². The molecule has 0 bridgehead atoms. The van der Waals surface area contributed by atoms with Crippen LogP contribution < -0.4 is 5.32 Å². The van der Waals surface area contributed by atoms with Crippen LogP contribution in [0.25, 0.3) is 0 Å². The van der Waals surface area contributed by atoms with Crippen LogP contribution in [0.4, 0.5) is 0 Å². The van der Waals surface area contributed by atoms with Gasteiger partial charge >= 0.3 is 0 Å². The molecule has 1 saturated heterocycles. The molecule has 0 spiro atoms. The predicted octanol–water partition coefficient (Wildman–Crippen LogP) is 2.25. The fourth-order valence-electron chi connectivity index (χ4n) is 2.18. The van der Waals surface area contributed by atoms with Crippen molar-refractivity contribution in [3.63, 3.8) is 0 Å². The highest BCUT2D eigenvalue weighted by atomic mass is 14.9. The molecular formula is C13H16N2. The number of hydrogen-bond donors (Lipinski definition) is 1. The van der Waals surface area contributed by atoms with E-state index in [1.165, 1.54) is 17.5 Å². The number of nitrogens with one attached hydrogen (secondary N) is 1. The van der Waals surface area contributed by atoms with Crippen LogP contribution in [0.1, 0.15) is 34.6 Å². The predicted molar refractivity (Wildman–Crippen MR) is 60.9 cm³/mol. The number of aryl methyl sites for hydroxylation is 1. The first kappa shape index (κ1) is 10.2. The number of hydrogen-bond acceptors (Lipinski definition) is 2. The Morgan fingerprint density at radius 1 is 1.40 bits per heavy atom. The van der Waals surface area contributed by atoms with Crippen molar-refractivity contribution in [2.75, 3.05) is 13.1 Å². The van der Waals surface area contributed by atoms with Gasteiger partial charge in [-0.25, -0.2) is 0 Å². The summed E-state index contributed by atoms with van der Waals surface area (Å²) in [4.78, 5) is 0. The summed E-state index contributed by atoms with van der Waals surface area (Å²) in [6.07, 6.45) is 1.19. The van der Waals surface area contributed by atoms with Crippen molar-refractivity contribution < 1.29 is 0 Å². The highest BCUT2D eigenvalue weighted by Gasteiger charge is 2.18. The monoisotopic (exact) mass is 200 g/mol. The van der Waals surface area contributed by atoms with Crippen molar-refractivity contribution in [1.29, 1.82) is 5.26 Å². The lowest BCUT2D eigenvalue weighted by molar-refractivity contribution is 0.761. The maximum absolute atomic E-state index is 9.04. The van der Waals surface area contributed by atoms with Gasteiger partial charge in [-0.15, -0.1) is 0 Å². The lowest BCUT2D eigenvalue weighted by atomic mass is 9.92. The summed E-state index contributed by atoms with van der Waals surface area (Å²) in [7, 11) is 0. The second-order valence-electron chi connectivity index (χ2n) is 4.31. The van der Waals surface area contributed by atoms with Gasteiger partial charge in [0.1, 0.15) is 0 Å². The Balaban J connectivity index is 2.41. The summed E-state index contributed by atoms with van der Waals surface area (Å²) in [6.45, 7) is 6.25. The third-order valence-corrected chi connectivity index (χ3v) is 3.34. The SMILES string of the molecule is Cc1cc(C2CCNC2)cc(C#N)c1C. The lowest BCUT2D eigenvalue weighted by Crippen LogP contribution is -2.08. The van der Waals surface area contributed by atoms with Crippen LogP contribution in [0.3, 0.4) is 0 Å². The molecule has 0 saturated carbocycles. The van der Waals surface area contributed by atoms with Crippen LogP contribution >= 0.6 is 0 Å². The first-order chi connectivity index (χ1) is 7.22. The van der Waals surface area contributed by atoms with Gasteiger partial charge in [-0.3, -0.25) is 0 Å². The average molecular weight is 200 g/mol. The van der Waals surface area contributed by atoms with Gasteiger partial charge in [-0.1, -0.05) is 6.07 Å². The number of nitrogens with zero attached hydrogens (tertiary/aromatic N) is 1. The molecule has 2 nitrogen and oxygen atoms in total. The quantitative estimate of drug-likeness (QED) is 0.754. The van der Waals surface area contributed by atoms with Crippen molar-refractivity contribution in [1.82, 2.24) is 5.32 Å². The van der Waals surface area contributed by atoms with E-state index in [1.54, 1.807) is 0 Å². The molecule has 1 aromatic rings. The summed E-state index contributed by atoms with van der Waals surface area (Å²) in [5.41, 5.74) is 4.50. The highest BCUT2D eigenvalue weighted by molar-refractivity contribution is 5.45. The molecule has 15 heavy (non-hydrogen) atoms. The van der Waals surface area contributed by atoms with E-state index in [1.807, 2.05) is 6.92 Å². The van der Waals surface area contributed by atoms with Gasteiger partial charge in [0.15, 0.2) is 0 Å². The molecule has 78 valence electrons. The van der Waals surface area contributed by atoms with Gasteiger partial charge in [-0.05, 0) is 55.5 Å².